The number of fused-ring (bicyclic) bond motifs is 1. The smallest absolute Gasteiger partial charge is 0.248 e. The number of nitrogens with zero attached hydrogens (tertiary/aromatic N) is 2. The van der Waals surface area contributed by atoms with Crippen molar-refractivity contribution in [3.63, 3.8) is 0 Å². The van der Waals surface area contributed by atoms with Gasteiger partial charge in [-0.1, -0.05) is 76.6 Å². The van der Waals surface area contributed by atoms with E-state index in [1.54, 1.807) is 16.7 Å². The predicted octanol–water partition coefficient (Wildman–Crippen LogP) is 4.86. The van der Waals surface area contributed by atoms with Crippen LogP contribution in [0.4, 0.5) is 11.4 Å². The molecule has 1 spiro atoms. The molecule has 7 atom stereocenters. The minimum atomic E-state index is -0.865. The van der Waals surface area contributed by atoms with Gasteiger partial charge in [-0.05, 0) is 62.1 Å². The Balaban J connectivity index is 1.33. The fourth-order valence-electron chi connectivity index (χ4n) is 7.65. The van der Waals surface area contributed by atoms with E-state index in [-0.39, 0.29) is 34.4 Å². The first-order valence-electron chi connectivity index (χ1n) is 16.1. The number of thioether (sulfide) groups is 1. The number of halogens is 1. The molecule has 6 rings (SSSR count). The summed E-state index contributed by atoms with van der Waals surface area (Å²) in [6, 6.07) is 25.7. The van der Waals surface area contributed by atoms with Gasteiger partial charge in [0, 0.05) is 41.1 Å². The van der Waals surface area contributed by atoms with E-state index in [1.165, 1.54) is 0 Å². The molecule has 3 aliphatic rings. The Bertz CT molecular complexity index is 1540. The van der Waals surface area contributed by atoms with Gasteiger partial charge in [0.15, 0.2) is 0 Å². The average Bonchev–Trinajstić information content (AvgIpc) is 3.68. The third-order valence-electron chi connectivity index (χ3n) is 9.77. The van der Waals surface area contributed by atoms with Gasteiger partial charge in [-0.25, -0.2) is 0 Å². The molecule has 0 radical (unpaired) electrons. The number of benzene rings is 3. The number of amides is 3. The summed E-state index contributed by atoms with van der Waals surface area (Å²) in [5, 5.41) is 16.8. The van der Waals surface area contributed by atoms with Crippen molar-refractivity contribution >= 4 is 56.8 Å². The molecule has 3 fully saturated rings. The summed E-state index contributed by atoms with van der Waals surface area (Å²) in [6.45, 7) is 6.02. The normalized spacial score (nSPS) is 26.9. The summed E-state index contributed by atoms with van der Waals surface area (Å²) in [7, 11) is 0. The monoisotopic (exact) mass is 704 g/mol. The van der Waals surface area contributed by atoms with Crippen molar-refractivity contribution in [1.29, 1.82) is 0 Å². The van der Waals surface area contributed by atoms with Crippen LogP contribution in [0.5, 0.6) is 0 Å². The third-order valence-corrected chi connectivity index (χ3v) is 13.0. The second-order valence-electron chi connectivity index (χ2n) is 12.3. The molecule has 3 amide bonds. The molecule has 3 aliphatic heterocycles. The van der Waals surface area contributed by atoms with Crippen LogP contribution in [0.25, 0.3) is 0 Å². The zero-order valence-electron chi connectivity index (χ0n) is 26.1. The highest BCUT2D eigenvalue weighted by Gasteiger charge is 2.76. The largest absolute Gasteiger partial charge is 0.394 e. The van der Waals surface area contributed by atoms with Crippen molar-refractivity contribution in [3.05, 3.63) is 96.1 Å². The molecule has 3 heterocycles. The van der Waals surface area contributed by atoms with Gasteiger partial charge >= 0.3 is 0 Å². The maximum absolute atomic E-state index is 14.6. The Morgan fingerprint density at radius 3 is 2.22 bits per heavy atom. The fraction of sp³-hybridized carbons (Fsp3) is 0.417. The molecule has 3 unspecified atom stereocenters. The first kappa shape index (κ1) is 32.6. The molecule has 0 aliphatic carbocycles. The summed E-state index contributed by atoms with van der Waals surface area (Å²) in [5.74, 6) is -2.00. The van der Waals surface area contributed by atoms with Crippen LogP contribution in [-0.4, -0.2) is 74.3 Å². The topological polar surface area (TPSA) is 102 Å². The van der Waals surface area contributed by atoms with Gasteiger partial charge in [0.25, 0.3) is 0 Å². The van der Waals surface area contributed by atoms with Crippen LogP contribution in [0, 0.1) is 11.8 Å². The molecule has 3 saturated heterocycles. The van der Waals surface area contributed by atoms with Crippen molar-refractivity contribution in [2.75, 3.05) is 29.9 Å². The van der Waals surface area contributed by atoms with Crippen molar-refractivity contribution in [2.45, 2.75) is 60.1 Å². The number of carbonyl (C=O) groups is 3. The first-order valence-corrected chi connectivity index (χ1v) is 17.9. The first-order chi connectivity index (χ1) is 22.3. The van der Waals surface area contributed by atoms with Crippen molar-refractivity contribution in [2.24, 2.45) is 11.8 Å². The molecule has 3 N–H and O–H groups in total. The molecule has 242 valence electrons. The van der Waals surface area contributed by atoms with Crippen LogP contribution in [0.2, 0.25) is 0 Å². The zero-order valence-corrected chi connectivity index (χ0v) is 28.5. The number of aliphatic hydroxyl groups excluding tert-OH is 1. The Labute approximate surface area is 283 Å². The van der Waals surface area contributed by atoms with E-state index >= 15 is 0 Å². The number of hydrogen-bond acceptors (Lipinski definition) is 6. The summed E-state index contributed by atoms with van der Waals surface area (Å²) in [4.78, 5) is 46.8. The number of carbonyl (C=O) groups excluding carboxylic acids is 3. The number of alkyl halides is 1. The van der Waals surface area contributed by atoms with E-state index in [0.717, 1.165) is 29.9 Å². The maximum Gasteiger partial charge on any atom is 0.248 e. The lowest BCUT2D eigenvalue weighted by molar-refractivity contribution is -0.142. The van der Waals surface area contributed by atoms with E-state index in [9.17, 15) is 19.5 Å². The molecule has 0 saturated carbocycles. The lowest BCUT2D eigenvalue weighted by Gasteiger charge is -2.37. The Morgan fingerprint density at radius 2 is 1.61 bits per heavy atom. The molecule has 10 heteroatoms. The van der Waals surface area contributed by atoms with E-state index in [4.69, 9.17) is 0 Å². The number of rotatable bonds is 12. The van der Waals surface area contributed by atoms with Crippen LogP contribution in [0.15, 0.2) is 84.9 Å². The van der Waals surface area contributed by atoms with Gasteiger partial charge < -0.3 is 25.5 Å². The van der Waals surface area contributed by atoms with E-state index in [0.29, 0.717) is 25.1 Å². The number of nitrogens with one attached hydrogen (secondary N) is 2. The van der Waals surface area contributed by atoms with Crippen molar-refractivity contribution in [1.82, 2.24) is 10.2 Å². The van der Waals surface area contributed by atoms with Crippen LogP contribution in [-0.2, 0) is 27.3 Å². The molecule has 46 heavy (non-hydrogen) atoms. The highest BCUT2D eigenvalue weighted by Crippen LogP contribution is 2.68. The summed E-state index contributed by atoms with van der Waals surface area (Å²) in [5.41, 5.74) is 3.65. The zero-order chi connectivity index (χ0) is 32.4. The highest BCUT2D eigenvalue weighted by molar-refractivity contribution is 9.09. The Morgan fingerprint density at radius 1 is 0.978 bits per heavy atom. The Hall–Kier alpha value is -3.34. The molecule has 8 nitrogen and oxygen atoms in total. The van der Waals surface area contributed by atoms with E-state index in [1.807, 2.05) is 84.9 Å². The lowest BCUT2D eigenvalue weighted by atomic mass is 9.70. The molecular weight excluding hydrogens is 664 g/mol. The highest BCUT2D eigenvalue weighted by atomic mass is 79.9. The van der Waals surface area contributed by atoms with Crippen LogP contribution in [0.3, 0.4) is 0 Å². The van der Waals surface area contributed by atoms with E-state index < -0.39 is 28.7 Å². The summed E-state index contributed by atoms with van der Waals surface area (Å²) in [6.07, 6.45) is 0.963. The van der Waals surface area contributed by atoms with Crippen molar-refractivity contribution < 1.29 is 19.5 Å². The van der Waals surface area contributed by atoms with Crippen molar-refractivity contribution in [3.8, 4) is 0 Å². The molecule has 0 aromatic heterocycles. The average molecular weight is 706 g/mol. The second kappa shape index (κ2) is 13.8. The lowest BCUT2D eigenvalue weighted by Crippen LogP contribution is -2.55. The minimum absolute atomic E-state index is 0.0423. The van der Waals surface area contributed by atoms with Crippen LogP contribution in [0.1, 0.15) is 31.4 Å². The van der Waals surface area contributed by atoms with Gasteiger partial charge in [0.2, 0.25) is 17.7 Å². The minimum Gasteiger partial charge on any atom is -0.394 e. The summed E-state index contributed by atoms with van der Waals surface area (Å²) < 4.78 is -0.819. The van der Waals surface area contributed by atoms with Crippen LogP contribution >= 0.6 is 27.7 Å². The van der Waals surface area contributed by atoms with Crippen LogP contribution < -0.4 is 15.5 Å². The molecular formula is C36H41BrN4O4S. The Kier molecular flexibility index (Phi) is 9.77. The number of likely N-dealkylation sites (tertiary alicyclic amines) is 1. The predicted molar refractivity (Wildman–Crippen MR) is 187 cm³/mol. The third kappa shape index (κ3) is 5.95. The summed E-state index contributed by atoms with van der Waals surface area (Å²) >= 11 is 5.44. The van der Waals surface area contributed by atoms with Gasteiger partial charge in [0.1, 0.15) is 6.04 Å². The number of hydrogen-bond donors (Lipinski definition) is 3. The van der Waals surface area contributed by atoms with Gasteiger partial charge in [-0.2, -0.15) is 0 Å². The maximum atomic E-state index is 14.6. The van der Waals surface area contributed by atoms with Gasteiger partial charge in [-0.15, -0.1) is 11.8 Å². The fourth-order valence-corrected chi connectivity index (χ4v) is 11.3. The number of anilines is 2. The molecule has 2 bridgehead atoms. The van der Waals surface area contributed by atoms with Gasteiger partial charge in [-0.3, -0.25) is 14.4 Å². The molecule has 3 aromatic rings. The van der Waals surface area contributed by atoms with E-state index in [2.05, 4.69) is 45.3 Å². The van der Waals surface area contributed by atoms with Gasteiger partial charge in [0.05, 0.1) is 29.2 Å². The molecule has 3 aromatic carbocycles. The number of aliphatic hydroxyl groups is 1. The standard InChI is InChI=1S/C36H41BrN4O4S/c1-3-40(4-2)26-17-15-25(16-18-26)39-34(44)32-36-20-28(37)31(46-36)29(33(43)38-21-24-13-9-6-10-14-24)30(36)35(45)41(32)27(22-42)19-23-11-7-5-8-12-23/h5-18,27-32,42H,3-4,19-22H2,1-2H3,(H,38,43)(H,39,44)/t27-,28?,29+,30+,31+,32?,36?/m1/s1. The quantitative estimate of drug-likeness (QED) is 0.233. The SMILES string of the molecule is CCN(CC)c1ccc(NC(=O)C2N([C@@H](CO)Cc3ccccc3)C(=O)[C@@H]3[C@H](C(=O)NCc4ccccc4)[C@H]4SC23CC4Br)cc1. The second-order valence-corrected chi connectivity index (χ2v) is 15.1.